The number of aromatic amines is 1. The summed E-state index contributed by atoms with van der Waals surface area (Å²) in [5.74, 6) is 0.493. The average Bonchev–Trinajstić information content (AvgIpc) is 2.86. The minimum absolute atomic E-state index is 0.211. The van der Waals surface area contributed by atoms with Crippen LogP contribution in [0.1, 0.15) is 0 Å². The molecule has 0 atom stereocenters. The SMILES string of the molecule is C=c1sc2nc(-c3cn[nH]c3)nn2c1=O. The summed E-state index contributed by atoms with van der Waals surface area (Å²) in [7, 11) is 0. The van der Waals surface area contributed by atoms with E-state index in [0.29, 0.717) is 15.3 Å². The molecule has 0 spiro atoms. The highest BCUT2D eigenvalue weighted by Gasteiger charge is 2.11. The number of nitrogens with one attached hydrogen (secondary N) is 1. The first kappa shape index (κ1) is 8.30. The Morgan fingerprint density at radius 2 is 2.40 bits per heavy atom. The number of hydrogen-bond acceptors (Lipinski definition) is 5. The molecule has 3 rings (SSSR count). The summed E-state index contributed by atoms with van der Waals surface area (Å²) in [4.78, 5) is 16.3. The highest BCUT2D eigenvalue weighted by molar-refractivity contribution is 7.14. The Labute approximate surface area is 86.9 Å². The number of thiazole rings is 1. The van der Waals surface area contributed by atoms with E-state index >= 15 is 0 Å². The minimum atomic E-state index is -0.211. The van der Waals surface area contributed by atoms with Crippen molar-refractivity contribution >= 4 is 22.9 Å². The molecule has 0 saturated heterocycles. The first-order valence-electron chi connectivity index (χ1n) is 4.13. The molecule has 6 nitrogen and oxygen atoms in total. The van der Waals surface area contributed by atoms with Crippen molar-refractivity contribution in [3.05, 3.63) is 27.3 Å². The molecule has 74 valence electrons. The van der Waals surface area contributed by atoms with Crippen LogP contribution in [0.4, 0.5) is 0 Å². The van der Waals surface area contributed by atoms with Gasteiger partial charge >= 0.3 is 0 Å². The Hall–Kier alpha value is -2.02. The van der Waals surface area contributed by atoms with Crippen molar-refractivity contribution in [2.75, 3.05) is 0 Å². The first-order valence-corrected chi connectivity index (χ1v) is 4.95. The molecule has 0 saturated carbocycles. The number of fused-ring (bicyclic) bond motifs is 1. The molecule has 0 aliphatic heterocycles. The largest absolute Gasteiger partial charge is 0.290 e. The molecule has 3 aromatic rings. The van der Waals surface area contributed by atoms with Gasteiger partial charge in [-0.25, -0.2) is 0 Å². The van der Waals surface area contributed by atoms with Crippen LogP contribution in [0.25, 0.3) is 22.9 Å². The lowest BCUT2D eigenvalue weighted by Crippen LogP contribution is -2.21. The van der Waals surface area contributed by atoms with E-state index in [0.717, 1.165) is 5.56 Å². The van der Waals surface area contributed by atoms with Crippen molar-refractivity contribution in [1.82, 2.24) is 24.8 Å². The molecule has 0 radical (unpaired) electrons. The van der Waals surface area contributed by atoms with E-state index in [2.05, 4.69) is 26.9 Å². The van der Waals surface area contributed by atoms with Crippen molar-refractivity contribution in [1.29, 1.82) is 0 Å². The zero-order valence-corrected chi connectivity index (χ0v) is 8.28. The second-order valence-electron chi connectivity index (χ2n) is 2.95. The maximum atomic E-state index is 11.5. The average molecular weight is 219 g/mol. The molecule has 0 fully saturated rings. The van der Waals surface area contributed by atoms with E-state index in [-0.39, 0.29) is 5.56 Å². The molecular formula is C8H5N5OS. The molecule has 7 heteroatoms. The van der Waals surface area contributed by atoms with E-state index in [1.54, 1.807) is 12.4 Å². The van der Waals surface area contributed by atoms with Crippen LogP contribution in [-0.2, 0) is 0 Å². The number of hydrogen-bond donors (Lipinski definition) is 1. The molecule has 0 aliphatic carbocycles. The van der Waals surface area contributed by atoms with Crippen LogP contribution in [0.5, 0.6) is 0 Å². The molecule has 0 bridgehead atoms. The van der Waals surface area contributed by atoms with E-state index in [1.165, 1.54) is 15.9 Å². The predicted octanol–water partition coefficient (Wildman–Crippen LogP) is -0.330. The molecule has 0 amide bonds. The van der Waals surface area contributed by atoms with Gasteiger partial charge in [-0.3, -0.25) is 9.89 Å². The zero-order valence-electron chi connectivity index (χ0n) is 7.47. The second kappa shape index (κ2) is 2.74. The van der Waals surface area contributed by atoms with Crippen LogP contribution in [-0.4, -0.2) is 24.8 Å². The highest BCUT2D eigenvalue weighted by atomic mass is 32.1. The highest BCUT2D eigenvalue weighted by Crippen LogP contribution is 2.13. The van der Waals surface area contributed by atoms with E-state index in [9.17, 15) is 4.79 Å². The van der Waals surface area contributed by atoms with Crippen molar-refractivity contribution in [2.24, 2.45) is 0 Å². The Bertz CT molecular complexity index is 710. The van der Waals surface area contributed by atoms with Gasteiger partial charge in [-0.1, -0.05) is 17.9 Å². The van der Waals surface area contributed by atoms with Crippen LogP contribution in [0.15, 0.2) is 17.2 Å². The monoisotopic (exact) mass is 219 g/mol. The summed E-state index contributed by atoms with van der Waals surface area (Å²) < 4.78 is 1.71. The predicted molar refractivity (Wildman–Crippen MR) is 55.5 cm³/mol. The fourth-order valence-electron chi connectivity index (χ4n) is 1.26. The fraction of sp³-hybridized carbons (Fsp3) is 0. The van der Waals surface area contributed by atoms with Gasteiger partial charge in [0, 0.05) is 6.20 Å². The maximum Gasteiger partial charge on any atom is 0.290 e. The molecule has 3 heterocycles. The van der Waals surface area contributed by atoms with Crippen LogP contribution in [0.2, 0.25) is 0 Å². The van der Waals surface area contributed by atoms with Gasteiger partial charge in [0.15, 0.2) is 5.82 Å². The van der Waals surface area contributed by atoms with Gasteiger partial charge in [-0.2, -0.15) is 14.6 Å². The number of nitrogens with zero attached hydrogens (tertiary/aromatic N) is 4. The van der Waals surface area contributed by atoms with Crippen molar-refractivity contribution in [3.8, 4) is 11.4 Å². The molecule has 0 aromatic carbocycles. The van der Waals surface area contributed by atoms with Gasteiger partial charge in [-0.05, 0) is 0 Å². The number of rotatable bonds is 1. The maximum absolute atomic E-state index is 11.5. The van der Waals surface area contributed by atoms with Gasteiger partial charge in [0.2, 0.25) is 4.96 Å². The molecule has 0 aliphatic rings. The topological polar surface area (TPSA) is 75.9 Å². The van der Waals surface area contributed by atoms with Gasteiger partial charge in [-0.15, -0.1) is 5.10 Å². The Morgan fingerprint density at radius 1 is 1.53 bits per heavy atom. The van der Waals surface area contributed by atoms with Crippen LogP contribution in [0.3, 0.4) is 0 Å². The van der Waals surface area contributed by atoms with Crippen molar-refractivity contribution in [3.63, 3.8) is 0 Å². The van der Waals surface area contributed by atoms with Gasteiger partial charge < -0.3 is 0 Å². The van der Waals surface area contributed by atoms with Gasteiger partial charge in [0.05, 0.1) is 16.3 Å². The number of H-pyrrole nitrogens is 1. The smallest absolute Gasteiger partial charge is 0.285 e. The molecule has 1 N–H and O–H groups in total. The summed E-state index contributed by atoms with van der Waals surface area (Å²) in [5, 5.41) is 10.5. The fourth-order valence-corrected chi connectivity index (χ4v) is 2.00. The normalized spacial score (nSPS) is 11.2. The molecule has 0 unspecified atom stereocenters. The van der Waals surface area contributed by atoms with E-state index < -0.39 is 0 Å². The quantitative estimate of drug-likeness (QED) is 0.608. The van der Waals surface area contributed by atoms with Crippen LogP contribution in [0, 0.1) is 0 Å². The lowest BCUT2D eigenvalue weighted by atomic mass is 10.3. The first-order chi connectivity index (χ1) is 7.25. The lowest BCUT2D eigenvalue weighted by molar-refractivity contribution is 0.937. The summed E-state index contributed by atoms with van der Waals surface area (Å²) in [6.45, 7) is 3.61. The third-order valence-electron chi connectivity index (χ3n) is 1.98. The minimum Gasteiger partial charge on any atom is -0.285 e. The van der Waals surface area contributed by atoms with Gasteiger partial charge in [0.25, 0.3) is 5.56 Å². The lowest BCUT2D eigenvalue weighted by Gasteiger charge is -1.82. The molecular weight excluding hydrogens is 214 g/mol. The summed E-state index contributed by atoms with van der Waals surface area (Å²) in [6, 6.07) is 0. The Balaban J connectivity index is 2.33. The van der Waals surface area contributed by atoms with Gasteiger partial charge in [0.1, 0.15) is 0 Å². The molecule has 15 heavy (non-hydrogen) atoms. The summed E-state index contributed by atoms with van der Waals surface area (Å²) in [5.41, 5.74) is 0.549. The van der Waals surface area contributed by atoms with E-state index in [4.69, 9.17) is 0 Å². The van der Waals surface area contributed by atoms with E-state index in [1.807, 2.05) is 0 Å². The van der Waals surface area contributed by atoms with Crippen LogP contribution < -0.4 is 10.1 Å². The van der Waals surface area contributed by atoms with Crippen LogP contribution >= 0.6 is 11.3 Å². The second-order valence-corrected chi connectivity index (χ2v) is 4.01. The number of aromatic nitrogens is 5. The van der Waals surface area contributed by atoms with Crippen molar-refractivity contribution < 1.29 is 0 Å². The molecule has 3 aromatic heterocycles. The zero-order chi connectivity index (χ0) is 10.4. The Kier molecular flexibility index (Phi) is 1.51. The Morgan fingerprint density at radius 3 is 3.07 bits per heavy atom. The van der Waals surface area contributed by atoms with Crippen molar-refractivity contribution in [2.45, 2.75) is 0 Å². The third kappa shape index (κ3) is 1.10. The summed E-state index contributed by atoms with van der Waals surface area (Å²) >= 11 is 1.23. The standard InChI is InChI=1S/C8H5N5OS/c1-4-7(14)13-8(15-4)11-6(12-13)5-2-9-10-3-5/h2-3H,1H2,(H,9,10). The summed E-state index contributed by atoms with van der Waals surface area (Å²) in [6.07, 6.45) is 3.28. The third-order valence-corrected chi connectivity index (χ3v) is 2.85.